The second-order valence-electron chi connectivity index (χ2n) is 10.2. The van der Waals surface area contributed by atoms with Gasteiger partial charge in [0.25, 0.3) is 0 Å². The van der Waals surface area contributed by atoms with Gasteiger partial charge in [0.2, 0.25) is 0 Å². The van der Waals surface area contributed by atoms with E-state index in [1.165, 1.54) is 11.1 Å². The molecule has 0 aliphatic rings. The van der Waals surface area contributed by atoms with Gasteiger partial charge in [-0.2, -0.15) is 0 Å². The summed E-state index contributed by atoms with van der Waals surface area (Å²) in [5.41, 5.74) is 4.47. The Bertz CT molecular complexity index is 1090. The maximum atomic E-state index is 5.93. The highest BCUT2D eigenvalue weighted by molar-refractivity contribution is 5.36. The normalized spacial score (nSPS) is 11.5. The average Bonchev–Trinajstić information content (AvgIpc) is 3.00. The van der Waals surface area contributed by atoms with Crippen LogP contribution in [0, 0.1) is 5.41 Å². The molecule has 0 saturated heterocycles. The van der Waals surface area contributed by atoms with Crippen molar-refractivity contribution in [1.29, 1.82) is 0 Å². The first-order valence-electron chi connectivity index (χ1n) is 13.8. The van der Waals surface area contributed by atoms with Crippen LogP contribution in [0.15, 0.2) is 121 Å². The molecular weight excluding hydrogens is 496 g/mol. The third-order valence-corrected chi connectivity index (χ3v) is 7.23. The highest BCUT2D eigenvalue weighted by Crippen LogP contribution is 2.36. The largest absolute Gasteiger partial charge is 0.385 e. The molecule has 0 heterocycles. The molecule has 4 rings (SSSR count). The maximum absolute atomic E-state index is 5.93. The molecule has 0 bridgehead atoms. The molecule has 0 N–H and O–H groups in total. The first-order valence-corrected chi connectivity index (χ1v) is 13.8. The van der Waals surface area contributed by atoms with E-state index in [1.54, 1.807) is 28.4 Å². The Morgan fingerprint density at radius 1 is 0.475 bits per heavy atom. The Hall–Kier alpha value is -3.28. The molecule has 0 aromatic heterocycles. The van der Waals surface area contributed by atoms with Crippen molar-refractivity contribution in [3.05, 3.63) is 144 Å². The van der Waals surface area contributed by atoms with Crippen molar-refractivity contribution < 1.29 is 18.9 Å². The summed E-state index contributed by atoms with van der Waals surface area (Å²) in [6.45, 7) is 2.02. The molecule has 0 radical (unpaired) electrons. The van der Waals surface area contributed by atoms with Crippen LogP contribution in [0.2, 0.25) is 0 Å². The molecule has 4 nitrogen and oxygen atoms in total. The maximum Gasteiger partial charge on any atom is 0.120 e. The topological polar surface area (TPSA) is 36.9 Å². The van der Waals surface area contributed by atoms with E-state index in [9.17, 15) is 0 Å². The van der Waals surface area contributed by atoms with E-state index < -0.39 is 5.60 Å². The molecule has 212 valence electrons. The highest BCUT2D eigenvalue weighted by Gasteiger charge is 2.34. The van der Waals surface area contributed by atoms with Gasteiger partial charge in [-0.15, -0.1) is 0 Å². The summed E-state index contributed by atoms with van der Waals surface area (Å²) in [4.78, 5) is 0. The van der Waals surface area contributed by atoms with Crippen molar-refractivity contribution in [3.63, 3.8) is 0 Å². The van der Waals surface area contributed by atoms with Crippen LogP contribution in [0.3, 0.4) is 0 Å². The van der Waals surface area contributed by atoms with Gasteiger partial charge in [0.05, 0.1) is 13.2 Å². The minimum Gasteiger partial charge on any atom is -0.385 e. The van der Waals surface area contributed by atoms with E-state index >= 15 is 0 Å². The number of benzene rings is 4. The molecular formula is C36H44O4. The Morgan fingerprint density at radius 3 is 1.18 bits per heavy atom. The van der Waals surface area contributed by atoms with Crippen molar-refractivity contribution in [2.24, 2.45) is 5.41 Å². The smallest absolute Gasteiger partial charge is 0.120 e. The van der Waals surface area contributed by atoms with Crippen LogP contribution in [0.25, 0.3) is 0 Å². The van der Waals surface area contributed by atoms with Gasteiger partial charge in [-0.05, 0) is 35.1 Å². The molecule has 4 aromatic rings. The third kappa shape index (κ3) is 8.87. The molecule has 4 heteroatoms. The molecule has 0 atom stereocenters. The predicted octanol–water partition coefficient (Wildman–Crippen LogP) is 7.36. The summed E-state index contributed by atoms with van der Waals surface area (Å²) in [5, 5.41) is 0. The van der Waals surface area contributed by atoms with Crippen LogP contribution in [-0.2, 0) is 37.4 Å². The standard InChI is InChI=1S/C19H24O2.C17H20O2/c1-20-15-19(16-21-2,13-17-9-5-3-6-10-17)14-18-11-7-4-8-12-18;1-18-14-13-17(19-2,15-9-5-3-6-10-15)16-11-7-4-8-12-16/h3-12H,13-16H2,1-2H3;3-12H,13-14H2,1-2H3. The van der Waals surface area contributed by atoms with Crippen molar-refractivity contribution in [2.75, 3.05) is 48.3 Å². The van der Waals surface area contributed by atoms with Gasteiger partial charge < -0.3 is 18.9 Å². The lowest BCUT2D eigenvalue weighted by Crippen LogP contribution is -2.36. The Labute approximate surface area is 240 Å². The van der Waals surface area contributed by atoms with Crippen LogP contribution < -0.4 is 0 Å². The minimum absolute atomic E-state index is 0.0355. The quantitative estimate of drug-likeness (QED) is 0.167. The lowest BCUT2D eigenvalue weighted by molar-refractivity contribution is -0.00436. The summed E-state index contributed by atoms with van der Waals surface area (Å²) in [7, 11) is 7.01. The number of hydrogen-bond donors (Lipinski definition) is 0. The first kappa shape index (κ1) is 31.3. The van der Waals surface area contributed by atoms with Gasteiger partial charge in [-0.25, -0.2) is 0 Å². The van der Waals surface area contributed by atoms with Crippen LogP contribution in [0.4, 0.5) is 0 Å². The Kier molecular flexibility index (Phi) is 13.1. The molecule has 0 spiro atoms. The lowest BCUT2D eigenvalue weighted by Gasteiger charge is -2.33. The van der Waals surface area contributed by atoms with Gasteiger partial charge in [-0.1, -0.05) is 121 Å². The Balaban J connectivity index is 0.000000222. The van der Waals surface area contributed by atoms with Gasteiger partial charge in [0.1, 0.15) is 5.60 Å². The first-order chi connectivity index (χ1) is 19.6. The second-order valence-corrected chi connectivity index (χ2v) is 10.2. The fourth-order valence-electron chi connectivity index (χ4n) is 5.43. The summed E-state index contributed by atoms with van der Waals surface area (Å²) in [6.07, 6.45) is 2.68. The van der Waals surface area contributed by atoms with Gasteiger partial charge in [0.15, 0.2) is 0 Å². The van der Waals surface area contributed by atoms with Crippen molar-refractivity contribution in [1.82, 2.24) is 0 Å². The van der Waals surface area contributed by atoms with Crippen molar-refractivity contribution >= 4 is 0 Å². The summed E-state index contributed by atoms with van der Waals surface area (Å²) in [6, 6.07) is 41.7. The second kappa shape index (κ2) is 16.7. The van der Waals surface area contributed by atoms with E-state index in [-0.39, 0.29) is 5.41 Å². The third-order valence-electron chi connectivity index (χ3n) is 7.23. The molecule has 40 heavy (non-hydrogen) atoms. The number of hydrogen-bond acceptors (Lipinski definition) is 4. The van der Waals surface area contributed by atoms with E-state index in [0.29, 0.717) is 19.8 Å². The molecule has 0 aliphatic carbocycles. The Morgan fingerprint density at radius 2 is 0.850 bits per heavy atom. The summed E-state index contributed by atoms with van der Waals surface area (Å²) < 4.78 is 22.2. The molecule has 0 fully saturated rings. The van der Waals surface area contributed by atoms with E-state index in [4.69, 9.17) is 18.9 Å². The van der Waals surface area contributed by atoms with Gasteiger partial charge >= 0.3 is 0 Å². The van der Waals surface area contributed by atoms with Crippen molar-refractivity contribution in [2.45, 2.75) is 24.9 Å². The summed E-state index contributed by atoms with van der Waals surface area (Å²) in [5.74, 6) is 0. The van der Waals surface area contributed by atoms with E-state index in [1.807, 2.05) is 36.4 Å². The average molecular weight is 541 g/mol. The zero-order valence-corrected chi connectivity index (χ0v) is 24.4. The predicted molar refractivity (Wildman–Crippen MR) is 164 cm³/mol. The van der Waals surface area contributed by atoms with Crippen LogP contribution in [-0.4, -0.2) is 48.3 Å². The molecule has 4 aromatic carbocycles. The molecule has 0 amide bonds. The van der Waals surface area contributed by atoms with Gasteiger partial charge in [0, 0.05) is 46.9 Å². The van der Waals surface area contributed by atoms with Crippen molar-refractivity contribution in [3.8, 4) is 0 Å². The number of ether oxygens (including phenoxy) is 4. The summed E-state index contributed by atoms with van der Waals surface area (Å²) >= 11 is 0. The molecule has 0 saturated carbocycles. The molecule has 0 unspecified atom stereocenters. The SMILES string of the molecule is COCC(COC)(Cc1ccccc1)Cc1ccccc1.COCCC(OC)(c1ccccc1)c1ccccc1. The fraction of sp³-hybridized carbons (Fsp3) is 0.333. The van der Waals surface area contributed by atoms with E-state index in [2.05, 4.69) is 84.9 Å². The highest BCUT2D eigenvalue weighted by atomic mass is 16.5. The number of methoxy groups -OCH3 is 4. The molecule has 0 aliphatic heterocycles. The van der Waals surface area contributed by atoms with Crippen LogP contribution in [0.1, 0.15) is 28.7 Å². The monoisotopic (exact) mass is 540 g/mol. The van der Waals surface area contributed by atoms with Crippen LogP contribution in [0.5, 0.6) is 0 Å². The minimum atomic E-state index is -0.446. The lowest BCUT2D eigenvalue weighted by atomic mass is 9.77. The van der Waals surface area contributed by atoms with E-state index in [0.717, 1.165) is 30.4 Å². The van der Waals surface area contributed by atoms with Gasteiger partial charge in [-0.3, -0.25) is 0 Å². The zero-order chi connectivity index (χ0) is 28.5. The fourth-order valence-corrected chi connectivity index (χ4v) is 5.43. The zero-order valence-electron chi connectivity index (χ0n) is 24.4. The number of rotatable bonds is 14. The van der Waals surface area contributed by atoms with Crippen LogP contribution >= 0.6 is 0 Å².